The van der Waals surface area contributed by atoms with Crippen LogP contribution in [0.4, 0.5) is 0 Å². The fourth-order valence-corrected chi connectivity index (χ4v) is 5.90. The van der Waals surface area contributed by atoms with Crippen molar-refractivity contribution in [3.63, 3.8) is 0 Å². The minimum atomic E-state index is -1.23. The van der Waals surface area contributed by atoms with Crippen LogP contribution < -0.4 is 19.7 Å². The number of Topliss-reactive ketones (excluding diaryl/α,β-unsaturated/α-hetero) is 1. The number of ether oxygens (including phenoxy) is 3. The van der Waals surface area contributed by atoms with Gasteiger partial charge in [0, 0.05) is 54.0 Å². The number of ketones is 1. The third-order valence-corrected chi connectivity index (χ3v) is 7.66. The van der Waals surface area contributed by atoms with E-state index in [0.717, 1.165) is 16.2 Å². The molecule has 40 heavy (non-hydrogen) atoms. The second-order valence-corrected chi connectivity index (χ2v) is 10.2. The largest absolute Gasteiger partial charge is 0.496 e. The molecule has 8 nitrogen and oxygen atoms in total. The van der Waals surface area contributed by atoms with Crippen LogP contribution in [0.1, 0.15) is 44.4 Å². The molecular weight excluding hydrogens is 511 g/mol. The highest BCUT2D eigenvalue weighted by Gasteiger charge is 2.54. The van der Waals surface area contributed by atoms with Gasteiger partial charge in [-0.25, -0.2) is 0 Å². The Morgan fingerprint density at radius 3 is 2.25 bits per heavy atom. The van der Waals surface area contributed by atoms with E-state index in [1.54, 1.807) is 7.11 Å². The Bertz CT molecular complexity index is 1700. The molecule has 4 aromatic carbocycles. The van der Waals surface area contributed by atoms with Crippen molar-refractivity contribution in [1.82, 2.24) is 0 Å². The Hall–Kier alpha value is -4.21. The summed E-state index contributed by atoms with van der Waals surface area (Å²) < 4.78 is 30.3. The molecule has 1 aliphatic carbocycles. The topological polar surface area (TPSA) is 97.4 Å². The molecule has 0 radical (unpaired) electrons. The summed E-state index contributed by atoms with van der Waals surface area (Å²) >= 11 is 0. The fraction of sp³-hybridized carbons (Fsp3) is 0.258. The number of rotatable bonds is 5. The molecule has 1 saturated heterocycles. The maximum atomic E-state index is 13.2. The minimum absolute atomic E-state index is 0.115. The van der Waals surface area contributed by atoms with Crippen molar-refractivity contribution in [2.75, 3.05) is 7.11 Å². The second-order valence-electron chi connectivity index (χ2n) is 10.2. The van der Waals surface area contributed by atoms with Gasteiger partial charge in [0.1, 0.15) is 22.8 Å². The second kappa shape index (κ2) is 9.76. The SMILES string of the molecule is COc1cccc2cc3c(OC(C)=O)c4c(c(OC(C)=O)c3cc12)[C@@H]1C[C@](C(C)=O)(C4)OB(c2ccccc2)O1. The number of hydrogen-bond acceptors (Lipinski definition) is 8. The normalized spacial score (nSPS) is 19.7. The van der Waals surface area contributed by atoms with Crippen molar-refractivity contribution >= 4 is 51.8 Å². The van der Waals surface area contributed by atoms with Gasteiger partial charge in [-0.2, -0.15) is 0 Å². The zero-order valence-electron chi connectivity index (χ0n) is 22.6. The fourth-order valence-electron chi connectivity index (χ4n) is 5.90. The van der Waals surface area contributed by atoms with E-state index in [9.17, 15) is 14.4 Å². The monoisotopic (exact) mass is 538 g/mol. The minimum Gasteiger partial charge on any atom is -0.496 e. The first kappa shape index (κ1) is 26.0. The van der Waals surface area contributed by atoms with Crippen LogP contribution in [-0.4, -0.2) is 37.6 Å². The maximum Gasteiger partial charge on any atom is 0.495 e. The van der Waals surface area contributed by atoms with E-state index in [2.05, 4.69) is 0 Å². The molecule has 0 unspecified atom stereocenters. The van der Waals surface area contributed by atoms with Gasteiger partial charge >= 0.3 is 19.1 Å². The number of carbonyl (C=O) groups excluding carboxylic acids is 3. The molecule has 1 fully saturated rings. The van der Waals surface area contributed by atoms with E-state index in [0.29, 0.717) is 39.1 Å². The van der Waals surface area contributed by atoms with Crippen LogP contribution in [0.15, 0.2) is 60.7 Å². The Morgan fingerprint density at radius 2 is 1.57 bits per heavy atom. The first-order valence-corrected chi connectivity index (χ1v) is 13.1. The van der Waals surface area contributed by atoms with Gasteiger partial charge in [-0.05, 0) is 36.0 Å². The summed E-state index contributed by atoms with van der Waals surface area (Å²) in [4.78, 5) is 38.1. The van der Waals surface area contributed by atoms with E-state index >= 15 is 0 Å². The lowest BCUT2D eigenvalue weighted by Crippen LogP contribution is -2.58. The van der Waals surface area contributed by atoms with Gasteiger partial charge in [0.15, 0.2) is 5.78 Å². The third kappa shape index (κ3) is 4.22. The molecule has 1 heterocycles. The third-order valence-electron chi connectivity index (χ3n) is 7.66. The van der Waals surface area contributed by atoms with Crippen LogP contribution in [0.2, 0.25) is 0 Å². The van der Waals surface area contributed by atoms with E-state index in [-0.39, 0.29) is 18.6 Å². The summed E-state index contributed by atoms with van der Waals surface area (Å²) in [7, 11) is 0.760. The predicted molar refractivity (Wildman–Crippen MR) is 149 cm³/mol. The van der Waals surface area contributed by atoms with Crippen LogP contribution in [0.25, 0.3) is 21.5 Å². The first-order valence-electron chi connectivity index (χ1n) is 13.1. The summed E-state index contributed by atoms with van der Waals surface area (Å²) in [6.45, 7) is 4.15. The van der Waals surface area contributed by atoms with Gasteiger partial charge < -0.3 is 23.5 Å². The number of benzene rings is 4. The molecule has 0 aromatic heterocycles. The summed E-state index contributed by atoms with van der Waals surface area (Å²) in [5.41, 5.74) is 0.632. The molecule has 4 aromatic rings. The highest BCUT2D eigenvalue weighted by molar-refractivity contribution is 6.61. The number of hydrogen-bond donors (Lipinski definition) is 0. The lowest BCUT2D eigenvalue weighted by Gasteiger charge is -2.47. The average Bonchev–Trinajstić information content (AvgIpc) is 2.93. The Labute approximate surface area is 231 Å². The van der Waals surface area contributed by atoms with Crippen LogP contribution in [-0.2, 0) is 30.1 Å². The van der Waals surface area contributed by atoms with Crippen molar-refractivity contribution in [2.24, 2.45) is 0 Å². The lowest BCUT2D eigenvalue weighted by molar-refractivity contribution is -0.144. The summed E-state index contributed by atoms with van der Waals surface area (Å²) in [6, 6.07) is 18.7. The number of fused-ring (bicyclic) bond motifs is 6. The van der Waals surface area contributed by atoms with E-state index in [4.69, 9.17) is 23.5 Å². The number of methoxy groups -OCH3 is 1. The molecule has 0 N–H and O–H groups in total. The quantitative estimate of drug-likeness (QED) is 0.157. The van der Waals surface area contributed by atoms with Crippen LogP contribution >= 0.6 is 0 Å². The van der Waals surface area contributed by atoms with Crippen LogP contribution in [0, 0.1) is 0 Å². The molecule has 1 aliphatic heterocycles. The van der Waals surface area contributed by atoms with Crippen LogP contribution in [0.3, 0.4) is 0 Å². The molecule has 2 bridgehead atoms. The smallest absolute Gasteiger partial charge is 0.495 e. The standard InChI is InChI=1S/C31H27BO8/c1-17(33)31-15-25-28(27(16-31)39-32(40-31)21-10-6-5-7-11-21)30(38-19(3)35)24-14-22-20(9-8-12-26(22)36-4)13-23(24)29(25)37-18(2)34/h5-14,27H,15-16H2,1-4H3/t27-,31-/m0/s1. The van der Waals surface area contributed by atoms with Crippen molar-refractivity contribution < 1.29 is 37.9 Å². The molecule has 0 amide bonds. The Morgan fingerprint density at radius 1 is 0.875 bits per heavy atom. The predicted octanol–water partition coefficient (Wildman–Crippen LogP) is 4.61. The van der Waals surface area contributed by atoms with E-state index in [1.165, 1.54) is 20.8 Å². The first-order chi connectivity index (χ1) is 19.2. The molecule has 6 rings (SSSR count). The summed E-state index contributed by atoms with van der Waals surface area (Å²) in [5.74, 6) is 0.0291. The zero-order valence-corrected chi connectivity index (χ0v) is 22.6. The number of esters is 2. The van der Waals surface area contributed by atoms with Crippen molar-refractivity contribution in [3.8, 4) is 17.2 Å². The highest BCUT2D eigenvalue weighted by Crippen LogP contribution is 2.54. The van der Waals surface area contributed by atoms with Gasteiger partial charge in [-0.15, -0.1) is 0 Å². The molecule has 0 spiro atoms. The Balaban J connectivity index is 1.69. The summed E-state index contributed by atoms with van der Waals surface area (Å²) in [6.07, 6.45) is -0.355. The van der Waals surface area contributed by atoms with Crippen LogP contribution in [0.5, 0.6) is 17.2 Å². The molecule has 9 heteroatoms. The molecule has 2 atom stereocenters. The summed E-state index contributed by atoms with van der Waals surface area (Å²) in [5, 5.41) is 2.75. The molecule has 0 saturated carbocycles. The van der Waals surface area contributed by atoms with Gasteiger partial charge in [-0.3, -0.25) is 14.4 Å². The van der Waals surface area contributed by atoms with Gasteiger partial charge in [0.05, 0.1) is 13.2 Å². The van der Waals surface area contributed by atoms with Gasteiger partial charge in [-0.1, -0.05) is 42.5 Å². The number of carbonyl (C=O) groups is 3. The highest BCUT2D eigenvalue weighted by atomic mass is 16.6. The lowest BCUT2D eigenvalue weighted by atomic mass is 9.67. The van der Waals surface area contributed by atoms with Crippen molar-refractivity contribution in [3.05, 3.63) is 71.8 Å². The average molecular weight is 538 g/mol. The van der Waals surface area contributed by atoms with Gasteiger partial charge in [0.2, 0.25) is 0 Å². The van der Waals surface area contributed by atoms with E-state index < -0.39 is 30.8 Å². The molecule has 202 valence electrons. The molecular formula is C31H27BO8. The Kier molecular flexibility index (Phi) is 6.36. The zero-order chi connectivity index (χ0) is 28.2. The van der Waals surface area contributed by atoms with Crippen molar-refractivity contribution in [2.45, 2.75) is 45.3 Å². The van der Waals surface area contributed by atoms with Crippen molar-refractivity contribution in [1.29, 1.82) is 0 Å². The maximum absolute atomic E-state index is 13.2. The van der Waals surface area contributed by atoms with E-state index in [1.807, 2.05) is 60.7 Å². The van der Waals surface area contributed by atoms with Gasteiger partial charge in [0.25, 0.3) is 0 Å². The molecule has 2 aliphatic rings.